The first-order valence-corrected chi connectivity index (χ1v) is 5.14. The van der Waals surface area contributed by atoms with Gasteiger partial charge in [0.2, 0.25) is 5.96 Å². The Hall–Kier alpha value is -2.30. The molecule has 0 saturated heterocycles. The van der Waals surface area contributed by atoms with Gasteiger partial charge in [-0.1, -0.05) is 18.7 Å². The number of carbonyl (C=O) groups is 1. The van der Waals surface area contributed by atoms with Crippen molar-refractivity contribution in [1.29, 1.82) is 0 Å². The van der Waals surface area contributed by atoms with Crippen molar-refractivity contribution in [1.82, 2.24) is 5.32 Å². The maximum absolute atomic E-state index is 11.3. The molecule has 1 N–H and O–H groups in total. The summed E-state index contributed by atoms with van der Waals surface area (Å²) in [5, 5.41) is 9.91. The first-order chi connectivity index (χ1) is 8.06. The highest BCUT2D eigenvalue weighted by Crippen LogP contribution is 2.20. The van der Waals surface area contributed by atoms with E-state index < -0.39 is 0 Å². The molecule has 86 valence electrons. The van der Waals surface area contributed by atoms with E-state index in [1.807, 2.05) is 32.0 Å². The highest BCUT2D eigenvalue weighted by molar-refractivity contribution is 6.07. The average molecular weight is 228 g/mol. The summed E-state index contributed by atoms with van der Waals surface area (Å²) in [6.45, 7) is 7.36. The van der Waals surface area contributed by atoms with Crippen molar-refractivity contribution < 1.29 is 4.79 Å². The highest BCUT2D eigenvalue weighted by atomic mass is 16.2. The number of benzene rings is 1. The van der Waals surface area contributed by atoms with E-state index >= 15 is 0 Å². The van der Waals surface area contributed by atoms with E-state index in [0.29, 0.717) is 0 Å². The first-order valence-electron chi connectivity index (χ1n) is 5.14. The van der Waals surface area contributed by atoms with Gasteiger partial charge < -0.3 is 0 Å². The Bertz CT molecular complexity index is 558. The van der Waals surface area contributed by atoms with Gasteiger partial charge >= 0.3 is 0 Å². The lowest BCUT2D eigenvalue weighted by Gasteiger charge is -2.08. The first kappa shape index (κ1) is 11.2. The number of nitrogens with one attached hydrogen (secondary N) is 1. The molecule has 1 amide bonds. The van der Waals surface area contributed by atoms with Crippen LogP contribution in [0.25, 0.3) is 0 Å². The Morgan fingerprint density at radius 3 is 2.76 bits per heavy atom. The molecule has 0 unspecified atom stereocenters. The van der Waals surface area contributed by atoms with Gasteiger partial charge in [0.1, 0.15) is 5.70 Å². The molecule has 1 aliphatic rings. The maximum Gasteiger partial charge on any atom is 0.277 e. The third-order valence-electron chi connectivity index (χ3n) is 2.34. The van der Waals surface area contributed by atoms with Crippen LogP contribution in [0.3, 0.4) is 0 Å². The summed E-state index contributed by atoms with van der Waals surface area (Å²) in [6, 6.07) is 5.89. The predicted octanol–water partition coefficient (Wildman–Crippen LogP) is 2.39. The molecular weight excluding hydrogens is 216 g/mol. The molecule has 17 heavy (non-hydrogen) atoms. The van der Waals surface area contributed by atoms with Gasteiger partial charge in [-0.15, -0.1) is 10.2 Å². The number of hydrogen-bond acceptors (Lipinski definition) is 3. The number of nitrogens with zero attached hydrogens (tertiary/aromatic N) is 3. The standard InChI is InChI=1S/C12H12N4O/c1-7-4-5-8(2)10(6-7)13-12-14-11(17)9(3)15-16-12/h4-6H,3H2,1-2H3,(H,13,14,17). The topological polar surface area (TPSA) is 66.2 Å². The summed E-state index contributed by atoms with van der Waals surface area (Å²) in [5.74, 6) is -0.180. The van der Waals surface area contributed by atoms with Gasteiger partial charge in [-0.3, -0.25) is 10.1 Å². The zero-order valence-electron chi connectivity index (χ0n) is 9.69. The zero-order chi connectivity index (χ0) is 12.4. The summed E-state index contributed by atoms with van der Waals surface area (Å²) in [4.78, 5) is 15.5. The summed E-state index contributed by atoms with van der Waals surface area (Å²) < 4.78 is 0. The van der Waals surface area contributed by atoms with Gasteiger partial charge in [-0.25, -0.2) is 4.99 Å². The lowest BCUT2D eigenvalue weighted by Crippen LogP contribution is -2.32. The van der Waals surface area contributed by atoms with Crippen molar-refractivity contribution in [3.63, 3.8) is 0 Å². The van der Waals surface area contributed by atoms with E-state index in [-0.39, 0.29) is 17.6 Å². The largest absolute Gasteiger partial charge is 0.288 e. The summed E-state index contributed by atoms with van der Waals surface area (Å²) in [5.41, 5.74) is 2.96. The molecular formula is C12H12N4O. The van der Waals surface area contributed by atoms with Crippen LogP contribution in [0, 0.1) is 13.8 Å². The fourth-order valence-corrected chi connectivity index (χ4v) is 1.36. The van der Waals surface area contributed by atoms with Gasteiger partial charge in [0.25, 0.3) is 5.91 Å². The molecule has 5 heteroatoms. The molecule has 0 radical (unpaired) electrons. The van der Waals surface area contributed by atoms with Crippen LogP contribution in [-0.4, -0.2) is 11.9 Å². The van der Waals surface area contributed by atoms with Crippen molar-refractivity contribution in [2.45, 2.75) is 13.8 Å². The van der Waals surface area contributed by atoms with Crippen molar-refractivity contribution >= 4 is 17.6 Å². The van der Waals surface area contributed by atoms with Crippen LogP contribution in [0.5, 0.6) is 0 Å². The Morgan fingerprint density at radius 2 is 2.06 bits per heavy atom. The smallest absolute Gasteiger partial charge is 0.277 e. The number of guanidine groups is 1. The van der Waals surface area contributed by atoms with Gasteiger partial charge in [0.05, 0.1) is 5.69 Å². The molecule has 0 bridgehead atoms. The predicted molar refractivity (Wildman–Crippen MR) is 65.1 cm³/mol. The molecule has 1 aliphatic heterocycles. The molecule has 0 saturated carbocycles. The van der Waals surface area contributed by atoms with Crippen LogP contribution in [0.4, 0.5) is 5.69 Å². The minimum atomic E-state index is -0.371. The summed E-state index contributed by atoms with van der Waals surface area (Å²) >= 11 is 0. The number of hydrogen-bond donors (Lipinski definition) is 1. The number of amides is 1. The molecule has 1 heterocycles. The van der Waals surface area contributed by atoms with E-state index in [2.05, 4.69) is 27.1 Å². The number of rotatable bonds is 1. The second-order valence-corrected chi connectivity index (χ2v) is 3.83. The van der Waals surface area contributed by atoms with Crippen molar-refractivity contribution in [2.24, 2.45) is 15.2 Å². The van der Waals surface area contributed by atoms with Crippen molar-refractivity contribution in [3.05, 3.63) is 41.6 Å². The van der Waals surface area contributed by atoms with Crippen LogP contribution < -0.4 is 5.32 Å². The molecule has 2 rings (SSSR count). The number of aryl methyl sites for hydroxylation is 2. The van der Waals surface area contributed by atoms with E-state index in [1.54, 1.807) is 0 Å². The summed E-state index contributed by atoms with van der Waals surface area (Å²) in [6.07, 6.45) is 0. The monoisotopic (exact) mass is 228 g/mol. The SMILES string of the molecule is C=C1N=NC(=Nc2cc(C)ccc2C)NC1=O. The van der Waals surface area contributed by atoms with Gasteiger partial charge in [-0.05, 0) is 31.0 Å². The Balaban J connectivity index is 2.37. The minimum absolute atomic E-state index is 0.0879. The molecule has 0 aromatic heterocycles. The molecule has 5 nitrogen and oxygen atoms in total. The minimum Gasteiger partial charge on any atom is -0.288 e. The normalized spacial score (nSPS) is 17.4. The average Bonchev–Trinajstić information content (AvgIpc) is 2.29. The Morgan fingerprint density at radius 1 is 1.29 bits per heavy atom. The third kappa shape index (κ3) is 2.44. The lowest BCUT2D eigenvalue weighted by atomic mass is 10.1. The second kappa shape index (κ2) is 4.29. The Kier molecular flexibility index (Phi) is 2.82. The van der Waals surface area contributed by atoms with E-state index in [4.69, 9.17) is 0 Å². The quantitative estimate of drug-likeness (QED) is 0.737. The number of carbonyl (C=O) groups excluding carboxylic acids is 1. The summed E-state index contributed by atoms with van der Waals surface area (Å²) in [7, 11) is 0. The fourth-order valence-electron chi connectivity index (χ4n) is 1.36. The molecule has 0 fully saturated rings. The second-order valence-electron chi connectivity index (χ2n) is 3.83. The van der Waals surface area contributed by atoms with E-state index in [0.717, 1.165) is 16.8 Å². The van der Waals surface area contributed by atoms with Gasteiger partial charge in [-0.2, -0.15) is 0 Å². The molecule has 1 aromatic carbocycles. The molecule has 0 atom stereocenters. The van der Waals surface area contributed by atoms with Crippen LogP contribution in [-0.2, 0) is 4.79 Å². The third-order valence-corrected chi connectivity index (χ3v) is 2.34. The number of azo groups is 1. The van der Waals surface area contributed by atoms with Gasteiger partial charge in [0.15, 0.2) is 0 Å². The van der Waals surface area contributed by atoms with Crippen LogP contribution in [0.1, 0.15) is 11.1 Å². The van der Waals surface area contributed by atoms with Crippen molar-refractivity contribution in [2.75, 3.05) is 0 Å². The molecule has 0 aliphatic carbocycles. The van der Waals surface area contributed by atoms with Gasteiger partial charge in [0, 0.05) is 0 Å². The van der Waals surface area contributed by atoms with Crippen LogP contribution in [0.15, 0.2) is 45.7 Å². The fraction of sp³-hybridized carbons (Fsp3) is 0.167. The van der Waals surface area contributed by atoms with Crippen molar-refractivity contribution in [3.8, 4) is 0 Å². The lowest BCUT2D eigenvalue weighted by molar-refractivity contribution is -0.116. The number of aliphatic imine (C=N–C) groups is 1. The van der Waals surface area contributed by atoms with Crippen LogP contribution >= 0.6 is 0 Å². The molecule has 0 spiro atoms. The van der Waals surface area contributed by atoms with E-state index in [9.17, 15) is 4.79 Å². The zero-order valence-corrected chi connectivity index (χ0v) is 9.69. The van der Waals surface area contributed by atoms with E-state index in [1.165, 1.54) is 0 Å². The maximum atomic E-state index is 11.3. The Labute approximate surface area is 99.0 Å². The van der Waals surface area contributed by atoms with Crippen LogP contribution in [0.2, 0.25) is 0 Å². The molecule has 1 aromatic rings. The highest BCUT2D eigenvalue weighted by Gasteiger charge is 2.14.